The number of aromatic carboxylic acids is 1. The van der Waals surface area contributed by atoms with Gasteiger partial charge in [-0.15, -0.1) is 11.3 Å². The highest BCUT2D eigenvalue weighted by molar-refractivity contribution is 7.20. The van der Waals surface area contributed by atoms with Crippen molar-refractivity contribution in [3.05, 3.63) is 34.7 Å². The largest absolute Gasteiger partial charge is 0.478 e. The van der Waals surface area contributed by atoms with Gasteiger partial charge in [-0.1, -0.05) is 6.07 Å². The molecule has 0 aliphatic carbocycles. The van der Waals surface area contributed by atoms with E-state index in [0.717, 1.165) is 10.1 Å². The summed E-state index contributed by atoms with van der Waals surface area (Å²) in [4.78, 5) is 22.8. The number of ether oxygens (including phenoxy) is 1. The zero-order valence-corrected chi connectivity index (χ0v) is 9.91. The molecule has 0 saturated heterocycles. The lowest BCUT2D eigenvalue weighted by Crippen LogP contribution is -2.01. The minimum absolute atomic E-state index is 0.217. The molecule has 0 fully saturated rings. The van der Waals surface area contributed by atoms with Crippen molar-refractivity contribution in [3.63, 3.8) is 0 Å². The van der Waals surface area contributed by atoms with Crippen LogP contribution in [0.15, 0.2) is 24.3 Å². The molecule has 0 atom stereocenters. The summed E-state index contributed by atoms with van der Waals surface area (Å²) < 4.78 is 5.66. The Labute approximate surface area is 101 Å². The van der Waals surface area contributed by atoms with Gasteiger partial charge in [0.1, 0.15) is 4.88 Å². The topological polar surface area (TPSA) is 63.6 Å². The van der Waals surface area contributed by atoms with E-state index in [-0.39, 0.29) is 11.5 Å². The van der Waals surface area contributed by atoms with E-state index in [1.165, 1.54) is 17.4 Å². The Kier molecular flexibility index (Phi) is 3.10. The Morgan fingerprint density at radius 2 is 2.12 bits per heavy atom. The van der Waals surface area contributed by atoms with E-state index in [1.807, 2.05) is 0 Å². The smallest absolute Gasteiger partial charge is 0.348 e. The molecule has 1 aromatic heterocycles. The van der Waals surface area contributed by atoms with Crippen LogP contribution < -0.4 is 0 Å². The second-order valence-corrected chi connectivity index (χ2v) is 4.47. The number of carboxylic acid groups (broad SMARTS) is 1. The number of fused-ring (bicyclic) bond motifs is 1. The van der Waals surface area contributed by atoms with Crippen molar-refractivity contribution in [1.82, 2.24) is 0 Å². The van der Waals surface area contributed by atoms with Gasteiger partial charge in [0, 0.05) is 4.70 Å². The van der Waals surface area contributed by atoms with Crippen molar-refractivity contribution >= 4 is 33.4 Å². The summed E-state index contributed by atoms with van der Waals surface area (Å²) in [5, 5.41) is 9.71. The van der Waals surface area contributed by atoms with Crippen molar-refractivity contribution in [2.24, 2.45) is 0 Å². The minimum atomic E-state index is -0.974. The van der Waals surface area contributed by atoms with Crippen molar-refractivity contribution in [2.45, 2.75) is 6.92 Å². The molecule has 0 aliphatic heterocycles. The molecule has 17 heavy (non-hydrogen) atoms. The van der Waals surface area contributed by atoms with E-state index in [0.29, 0.717) is 11.5 Å². The summed E-state index contributed by atoms with van der Waals surface area (Å²) in [6, 6.07) is 6.49. The van der Waals surface area contributed by atoms with E-state index < -0.39 is 5.97 Å². The average Bonchev–Trinajstić information content (AvgIpc) is 2.71. The lowest BCUT2D eigenvalue weighted by Gasteiger charge is -1.95. The predicted octanol–water partition coefficient (Wildman–Crippen LogP) is 2.78. The molecular formula is C12H10O4S. The number of esters is 1. The Morgan fingerprint density at radius 1 is 1.35 bits per heavy atom. The van der Waals surface area contributed by atoms with Crippen molar-refractivity contribution in [2.75, 3.05) is 6.61 Å². The zero-order valence-electron chi connectivity index (χ0n) is 9.10. The first-order valence-corrected chi connectivity index (χ1v) is 5.87. The summed E-state index contributed by atoms with van der Waals surface area (Å²) in [6.45, 7) is 2.07. The molecule has 0 bridgehead atoms. The normalized spacial score (nSPS) is 10.4. The molecule has 0 amide bonds. The maximum atomic E-state index is 11.5. The van der Waals surface area contributed by atoms with Crippen molar-refractivity contribution in [1.29, 1.82) is 0 Å². The van der Waals surface area contributed by atoms with Crippen LogP contribution in [0.1, 0.15) is 27.0 Å². The molecule has 1 aromatic carbocycles. The minimum Gasteiger partial charge on any atom is -0.478 e. The van der Waals surface area contributed by atoms with E-state index >= 15 is 0 Å². The molecule has 5 heteroatoms. The van der Waals surface area contributed by atoms with Gasteiger partial charge in [0.25, 0.3) is 0 Å². The number of hydrogen-bond acceptors (Lipinski definition) is 4. The van der Waals surface area contributed by atoms with Gasteiger partial charge in [0.05, 0.1) is 12.2 Å². The van der Waals surface area contributed by atoms with E-state index in [2.05, 4.69) is 0 Å². The van der Waals surface area contributed by atoms with Crippen LogP contribution in [0, 0.1) is 0 Å². The highest BCUT2D eigenvalue weighted by atomic mass is 32.1. The second-order valence-electron chi connectivity index (χ2n) is 3.39. The first-order chi connectivity index (χ1) is 8.11. The highest BCUT2D eigenvalue weighted by Gasteiger charge is 2.12. The van der Waals surface area contributed by atoms with Crippen molar-refractivity contribution in [3.8, 4) is 0 Å². The highest BCUT2D eigenvalue weighted by Crippen LogP contribution is 2.27. The average molecular weight is 250 g/mol. The molecule has 0 spiro atoms. The first-order valence-electron chi connectivity index (χ1n) is 5.06. The molecule has 4 nitrogen and oxygen atoms in total. The van der Waals surface area contributed by atoms with Gasteiger partial charge >= 0.3 is 11.9 Å². The molecular weight excluding hydrogens is 240 g/mol. The van der Waals surface area contributed by atoms with Gasteiger partial charge in [-0.3, -0.25) is 0 Å². The van der Waals surface area contributed by atoms with Gasteiger partial charge in [0.2, 0.25) is 0 Å². The number of thiophene rings is 1. The van der Waals surface area contributed by atoms with Crippen LogP contribution in [-0.2, 0) is 4.74 Å². The van der Waals surface area contributed by atoms with Crippen LogP contribution in [-0.4, -0.2) is 23.7 Å². The summed E-state index contributed by atoms with van der Waals surface area (Å²) >= 11 is 1.24. The van der Waals surface area contributed by atoms with Gasteiger partial charge in [-0.05, 0) is 30.5 Å². The Hall–Kier alpha value is -1.88. The molecule has 0 unspecified atom stereocenters. The molecule has 2 rings (SSSR count). The van der Waals surface area contributed by atoms with Crippen LogP contribution in [0.2, 0.25) is 0 Å². The summed E-state index contributed by atoms with van der Waals surface area (Å²) in [5.41, 5.74) is 0.217. The fraction of sp³-hybridized carbons (Fsp3) is 0.167. The van der Waals surface area contributed by atoms with Crippen LogP contribution in [0.5, 0.6) is 0 Å². The molecule has 88 valence electrons. The quantitative estimate of drug-likeness (QED) is 0.851. The lowest BCUT2D eigenvalue weighted by molar-refractivity contribution is 0.0531. The molecule has 0 saturated carbocycles. The van der Waals surface area contributed by atoms with Gasteiger partial charge < -0.3 is 9.84 Å². The number of rotatable bonds is 3. The molecule has 0 radical (unpaired) electrons. The Balaban J connectivity index is 2.43. The Morgan fingerprint density at radius 3 is 2.76 bits per heavy atom. The SMILES string of the molecule is CCOC(=O)c1cc2ccc(C(=O)O)cc2s1. The third kappa shape index (κ3) is 2.29. The number of carbonyl (C=O) groups excluding carboxylic acids is 1. The monoisotopic (exact) mass is 250 g/mol. The summed E-state index contributed by atoms with van der Waals surface area (Å²) in [5.74, 6) is -1.34. The molecule has 0 aliphatic rings. The van der Waals surface area contributed by atoms with Crippen molar-refractivity contribution < 1.29 is 19.4 Å². The molecule has 2 aromatic rings. The standard InChI is InChI=1S/C12H10O4S/c1-2-16-12(15)10-5-7-3-4-8(11(13)14)6-9(7)17-10/h3-6H,2H2,1H3,(H,13,14). The van der Waals surface area contributed by atoms with Crippen LogP contribution in [0.4, 0.5) is 0 Å². The Bertz CT molecular complexity index is 585. The fourth-order valence-corrected chi connectivity index (χ4v) is 2.46. The molecule has 1 N–H and O–H groups in total. The second kappa shape index (κ2) is 4.55. The van der Waals surface area contributed by atoms with E-state index in [9.17, 15) is 9.59 Å². The fourth-order valence-electron chi connectivity index (χ4n) is 1.47. The van der Waals surface area contributed by atoms with E-state index in [1.54, 1.807) is 25.1 Å². The van der Waals surface area contributed by atoms with Crippen LogP contribution in [0.25, 0.3) is 10.1 Å². The number of benzene rings is 1. The third-order valence-electron chi connectivity index (χ3n) is 2.24. The van der Waals surface area contributed by atoms with Crippen LogP contribution >= 0.6 is 11.3 Å². The summed E-state index contributed by atoms with van der Waals surface area (Å²) in [7, 11) is 0. The van der Waals surface area contributed by atoms with Crippen LogP contribution in [0.3, 0.4) is 0 Å². The number of carboxylic acids is 1. The number of hydrogen-bond donors (Lipinski definition) is 1. The van der Waals surface area contributed by atoms with Gasteiger partial charge in [0.15, 0.2) is 0 Å². The summed E-state index contributed by atoms with van der Waals surface area (Å²) in [6.07, 6.45) is 0. The zero-order chi connectivity index (χ0) is 12.4. The first kappa shape index (κ1) is 11.6. The third-order valence-corrected chi connectivity index (χ3v) is 3.32. The van der Waals surface area contributed by atoms with E-state index in [4.69, 9.17) is 9.84 Å². The lowest BCUT2D eigenvalue weighted by atomic mass is 10.2. The maximum absolute atomic E-state index is 11.5. The van der Waals surface area contributed by atoms with Gasteiger partial charge in [-0.25, -0.2) is 9.59 Å². The van der Waals surface area contributed by atoms with Gasteiger partial charge in [-0.2, -0.15) is 0 Å². The molecule has 1 heterocycles. The number of carbonyl (C=O) groups is 2. The predicted molar refractivity (Wildman–Crippen MR) is 64.7 cm³/mol. The maximum Gasteiger partial charge on any atom is 0.348 e.